The summed E-state index contributed by atoms with van der Waals surface area (Å²) in [5.41, 5.74) is -0.749. The zero-order valence-corrected chi connectivity index (χ0v) is 14.7. The number of nitrogens with zero attached hydrogens (tertiary/aromatic N) is 4. The van der Waals surface area contributed by atoms with Gasteiger partial charge in [0.25, 0.3) is 11.8 Å². The molecule has 0 atom stereocenters. The quantitative estimate of drug-likeness (QED) is 0.644. The molecule has 2 heterocycles. The van der Waals surface area contributed by atoms with E-state index in [2.05, 4.69) is 25.5 Å². The van der Waals surface area contributed by atoms with Crippen LogP contribution in [0.4, 0.5) is 23.5 Å². The fourth-order valence-electron chi connectivity index (χ4n) is 3.61. The second-order valence-corrected chi connectivity index (χ2v) is 6.86. The van der Waals surface area contributed by atoms with Crippen LogP contribution in [0.1, 0.15) is 37.6 Å². The van der Waals surface area contributed by atoms with Gasteiger partial charge in [0.2, 0.25) is 5.95 Å². The second-order valence-electron chi connectivity index (χ2n) is 6.86. The van der Waals surface area contributed by atoms with E-state index >= 15 is 0 Å². The molecule has 0 amide bonds. The van der Waals surface area contributed by atoms with Crippen molar-refractivity contribution in [1.82, 2.24) is 20.2 Å². The highest BCUT2D eigenvalue weighted by Gasteiger charge is 2.47. The number of rotatable bonds is 5. The van der Waals surface area contributed by atoms with Crippen LogP contribution in [0.2, 0.25) is 0 Å². The van der Waals surface area contributed by atoms with Crippen molar-refractivity contribution in [3.63, 3.8) is 0 Å². The average molecular weight is 393 g/mol. The zero-order chi connectivity index (χ0) is 19.9. The predicted molar refractivity (Wildman–Crippen MR) is 90.3 cm³/mol. The highest BCUT2D eigenvalue weighted by molar-refractivity contribution is 5.51. The van der Waals surface area contributed by atoms with Crippen molar-refractivity contribution in [3.8, 4) is 11.5 Å². The molecule has 1 saturated carbocycles. The van der Waals surface area contributed by atoms with E-state index < -0.39 is 29.5 Å². The normalized spacial score (nSPS) is 21.6. The lowest BCUT2D eigenvalue weighted by atomic mass is 9.65. The van der Waals surface area contributed by atoms with Gasteiger partial charge in [-0.25, -0.2) is 18.7 Å². The third-order valence-corrected chi connectivity index (χ3v) is 4.71. The number of anilines is 1. The maximum Gasteiger partial charge on any atom is 0.314 e. The summed E-state index contributed by atoms with van der Waals surface area (Å²) in [6, 6.07) is 3.74. The maximum absolute atomic E-state index is 14.3. The minimum Gasteiger partial charge on any atom is -0.415 e. The Balaban J connectivity index is 1.60. The SMILES string of the molecule is CC1CC(Nc2ncc(-c3nnc(C(F)F)o3)cn2)(c2c(F)cccc2F)C1. The first-order chi connectivity index (χ1) is 13.4. The number of benzene rings is 1. The fourth-order valence-corrected chi connectivity index (χ4v) is 3.61. The molecular weight excluding hydrogens is 378 g/mol. The number of hydrogen-bond acceptors (Lipinski definition) is 6. The maximum atomic E-state index is 14.3. The van der Waals surface area contributed by atoms with E-state index in [1.165, 1.54) is 30.6 Å². The average Bonchev–Trinajstić information content (AvgIpc) is 3.11. The minimum absolute atomic E-state index is 0.0424. The Bertz CT molecular complexity index is 966. The summed E-state index contributed by atoms with van der Waals surface area (Å²) >= 11 is 0. The van der Waals surface area contributed by atoms with Crippen molar-refractivity contribution in [2.75, 3.05) is 5.32 Å². The van der Waals surface area contributed by atoms with Crippen LogP contribution >= 0.6 is 0 Å². The lowest BCUT2D eigenvalue weighted by molar-refractivity contribution is 0.116. The van der Waals surface area contributed by atoms with Crippen molar-refractivity contribution in [3.05, 3.63) is 53.7 Å². The Hall–Kier alpha value is -3.04. The summed E-state index contributed by atoms with van der Waals surface area (Å²) in [5, 5.41) is 9.80. The van der Waals surface area contributed by atoms with Gasteiger partial charge in [0.1, 0.15) is 11.6 Å². The highest BCUT2D eigenvalue weighted by atomic mass is 19.3. The summed E-state index contributed by atoms with van der Waals surface area (Å²) in [4.78, 5) is 8.21. The Morgan fingerprint density at radius 3 is 2.29 bits per heavy atom. The number of alkyl halides is 2. The molecule has 3 aromatic rings. The first kappa shape index (κ1) is 18.3. The molecule has 6 nitrogen and oxygen atoms in total. The molecule has 0 bridgehead atoms. The van der Waals surface area contributed by atoms with Crippen LogP contribution in [0.5, 0.6) is 0 Å². The van der Waals surface area contributed by atoms with Gasteiger partial charge in [-0.05, 0) is 30.9 Å². The van der Waals surface area contributed by atoms with Crippen LogP contribution in [0.3, 0.4) is 0 Å². The Morgan fingerprint density at radius 2 is 1.75 bits per heavy atom. The minimum atomic E-state index is -2.88. The Morgan fingerprint density at radius 1 is 1.11 bits per heavy atom. The molecule has 0 aliphatic heterocycles. The van der Waals surface area contributed by atoms with Crippen molar-refractivity contribution < 1.29 is 22.0 Å². The zero-order valence-electron chi connectivity index (χ0n) is 14.7. The van der Waals surface area contributed by atoms with E-state index in [0.717, 1.165) is 0 Å². The van der Waals surface area contributed by atoms with E-state index in [4.69, 9.17) is 4.42 Å². The summed E-state index contributed by atoms with van der Waals surface area (Å²) in [5.74, 6) is -1.80. The summed E-state index contributed by atoms with van der Waals surface area (Å²) in [6.07, 6.45) is 0.769. The van der Waals surface area contributed by atoms with Gasteiger partial charge in [0.05, 0.1) is 11.1 Å². The first-order valence-electron chi connectivity index (χ1n) is 8.54. The molecule has 1 aliphatic carbocycles. The molecule has 28 heavy (non-hydrogen) atoms. The van der Waals surface area contributed by atoms with Gasteiger partial charge in [0, 0.05) is 18.0 Å². The van der Waals surface area contributed by atoms with Crippen molar-refractivity contribution >= 4 is 5.95 Å². The van der Waals surface area contributed by atoms with E-state index in [1.54, 1.807) is 0 Å². The van der Waals surface area contributed by atoms with Crippen LogP contribution < -0.4 is 5.32 Å². The number of hydrogen-bond donors (Lipinski definition) is 1. The highest BCUT2D eigenvalue weighted by Crippen LogP contribution is 2.49. The predicted octanol–water partition coefficient (Wildman–Crippen LogP) is 4.48. The molecule has 146 valence electrons. The van der Waals surface area contributed by atoms with Gasteiger partial charge in [-0.15, -0.1) is 10.2 Å². The van der Waals surface area contributed by atoms with Gasteiger partial charge >= 0.3 is 6.43 Å². The largest absolute Gasteiger partial charge is 0.415 e. The molecule has 2 aromatic heterocycles. The smallest absolute Gasteiger partial charge is 0.314 e. The molecule has 1 N–H and O–H groups in total. The monoisotopic (exact) mass is 393 g/mol. The third kappa shape index (κ3) is 3.19. The van der Waals surface area contributed by atoms with Crippen molar-refractivity contribution in [1.29, 1.82) is 0 Å². The molecule has 0 unspecified atom stereocenters. The lowest BCUT2D eigenvalue weighted by Gasteiger charge is -2.47. The van der Waals surface area contributed by atoms with E-state index in [1.807, 2.05) is 6.92 Å². The molecule has 0 saturated heterocycles. The fraction of sp³-hybridized carbons (Fsp3) is 0.333. The molecule has 1 fully saturated rings. The van der Waals surface area contributed by atoms with Crippen LogP contribution in [0.15, 0.2) is 35.0 Å². The standard InChI is InChI=1S/C18H15F4N5O/c1-9-5-18(6-9,13-11(19)3-2-4-12(13)20)25-17-23-7-10(8-24-17)15-26-27-16(28-15)14(21)22/h2-4,7-9,14H,5-6H2,1H3,(H,23,24,25). The second kappa shape index (κ2) is 6.84. The van der Waals surface area contributed by atoms with Gasteiger partial charge in [-0.1, -0.05) is 13.0 Å². The van der Waals surface area contributed by atoms with Crippen molar-refractivity contribution in [2.24, 2.45) is 5.92 Å². The summed E-state index contributed by atoms with van der Waals surface area (Å²) < 4.78 is 58.6. The molecule has 4 rings (SSSR count). The van der Waals surface area contributed by atoms with Crippen LogP contribution in [0, 0.1) is 17.6 Å². The number of aromatic nitrogens is 4. The molecule has 1 aromatic carbocycles. The van der Waals surface area contributed by atoms with Crippen LogP contribution in [-0.4, -0.2) is 20.2 Å². The number of nitrogens with one attached hydrogen (secondary N) is 1. The van der Waals surface area contributed by atoms with Crippen LogP contribution in [-0.2, 0) is 5.54 Å². The first-order valence-corrected chi connectivity index (χ1v) is 8.54. The summed E-state index contributed by atoms with van der Waals surface area (Å²) in [7, 11) is 0. The summed E-state index contributed by atoms with van der Waals surface area (Å²) in [6.45, 7) is 1.98. The van der Waals surface area contributed by atoms with Gasteiger partial charge in [-0.2, -0.15) is 8.78 Å². The third-order valence-electron chi connectivity index (χ3n) is 4.71. The van der Waals surface area contributed by atoms with Crippen molar-refractivity contribution in [2.45, 2.75) is 31.7 Å². The Kier molecular flexibility index (Phi) is 4.48. The van der Waals surface area contributed by atoms with E-state index in [9.17, 15) is 17.6 Å². The number of halogens is 4. The van der Waals surface area contributed by atoms with Gasteiger partial charge < -0.3 is 9.73 Å². The van der Waals surface area contributed by atoms with Gasteiger partial charge in [0.15, 0.2) is 0 Å². The molecule has 0 spiro atoms. The molecule has 1 aliphatic rings. The Labute approximate surface area is 157 Å². The molecule has 0 radical (unpaired) electrons. The van der Waals surface area contributed by atoms with Crippen LogP contribution in [0.25, 0.3) is 11.5 Å². The van der Waals surface area contributed by atoms with E-state index in [-0.39, 0.29) is 28.9 Å². The van der Waals surface area contributed by atoms with Gasteiger partial charge in [-0.3, -0.25) is 0 Å². The molecule has 10 heteroatoms. The molecular formula is C18H15F4N5O. The topological polar surface area (TPSA) is 76.7 Å². The lowest BCUT2D eigenvalue weighted by Crippen LogP contribution is -2.48. The van der Waals surface area contributed by atoms with E-state index in [0.29, 0.717) is 12.8 Å².